The normalized spacial score (nSPS) is 18.5. The lowest BCUT2D eigenvalue weighted by Crippen LogP contribution is -2.18. The van der Waals surface area contributed by atoms with Crippen molar-refractivity contribution in [2.75, 3.05) is 10.6 Å². The maximum absolute atomic E-state index is 12.9. The van der Waals surface area contributed by atoms with Gasteiger partial charge in [-0.15, -0.1) is 23.2 Å². The number of nitrogens with one attached hydrogen (secondary N) is 2. The zero-order valence-corrected chi connectivity index (χ0v) is 20.9. The van der Waals surface area contributed by atoms with Gasteiger partial charge in [0, 0.05) is 32.9 Å². The Bertz CT molecular complexity index is 1250. The summed E-state index contributed by atoms with van der Waals surface area (Å²) in [6.45, 7) is 0. The molecule has 1 heterocycles. The number of carbonyl (C=O) groups excluding carboxylic acids is 2. The smallest absolute Gasteiger partial charge is 0.258 e. The van der Waals surface area contributed by atoms with Gasteiger partial charge in [0.2, 0.25) is 5.91 Å². The molecule has 0 bridgehead atoms. The van der Waals surface area contributed by atoms with Crippen molar-refractivity contribution < 1.29 is 9.59 Å². The highest BCUT2D eigenvalue weighted by atomic mass is 35.5. The van der Waals surface area contributed by atoms with E-state index in [4.69, 9.17) is 69.6 Å². The van der Waals surface area contributed by atoms with Gasteiger partial charge in [-0.25, -0.2) is 4.98 Å². The highest BCUT2D eigenvalue weighted by Crippen LogP contribution is 2.65. The highest BCUT2D eigenvalue weighted by molar-refractivity contribution is 6.53. The minimum Gasteiger partial charge on any atom is -0.326 e. The summed E-state index contributed by atoms with van der Waals surface area (Å²) in [6.07, 6.45) is 1.46. The van der Waals surface area contributed by atoms with Gasteiger partial charge in [0.15, 0.2) is 0 Å². The first-order valence-corrected chi connectivity index (χ1v) is 11.7. The van der Waals surface area contributed by atoms with Gasteiger partial charge < -0.3 is 10.6 Å². The molecule has 11 heteroatoms. The van der Waals surface area contributed by atoms with Gasteiger partial charge in [0.05, 0.1) is 16.5 Å². The van der Waals surface area contributed by atoms with Crippen LogP contribution < -0.4 is 10.6 Å². The fourth-order valence-corrected chi connectivity index (χ4v) is 5.21. The molecule has 33 heavy (non-hydrogen) atoms. The molecule has 4 rings (SSSR count). The third kappa shape index (κ3) is 5.35. The number of aromatic nitrogens is 1. The van der Waals surface area contributed by atoms with E-state index >= 15 is 0 Å². The molecule has 1 aromatic heterocycles. The Hall–Kier alpha value is -1.73. The van der Waals surface area contributed by atoms with Crippen molar-refractivity contribution in [2.24, 2.45) is 5.92 Å². The third-order valence-corrected chi connectivity index (χ3v) is 6.96. The van der Waals surface area contributed by atoms with E-state index in [0.717, 1.165) is 0 Å². The predicted molar refractivity (Wildman–Crippen MR) is 134 cm³/mol. The second-order valence-corrected chi connectivity index (χ2v) is 10.5. The Labute approximate surface area is 219 Å². The molecule has 2 amide bonds. The van der Waals surface area contributed by atoms with Crippen LogP contribution in [0.25, 0.3) is 0 Å². The molecule has 0 radical (unpaired) electrons. The number of halogens is 6. The van der Waals surface area contributed by atoms with Gasteiger partial charge in [0.1, 0.15) is 10.2 Å². The van der Waals surface area contributed by atoms with Crippen molar-refractivity contribution >= 4 is 92.9 Å². The zero-order chi connectivity index (χ0) is 23.9. The Morgan fingerprint density at radius 2 is 1.55 bits per heavy atom. The second kappa shape index (κ2) is 9.49. The lowest BCUT2D eigenvalue weighted by molar-refractivity contribution is -0.117. The van der Waals surface area contributed by atoms with Crippen molar-refractivity contribution in [1.29, 1.82) is 0 Å². The van der Waals surface area contributed by atoms with Crippen molar-refractivity contribution in [3.05, 3.63) is 85.9 Å². The first-order chi connectivity index (χ1) is 15.6. The van der Waals surface area contributed by atoms with E-state index in [-0.39, 0.29) is 16.4 Å². The summed E-state index contributed by atoms with van der Waals surface area (Å²) in [7, 11) is 0. The second-order valence-electron chi connectivity index (χ2n) is 7.33. The first kappa shape index (κ1) is 24.4. The number of anilines is 2. The first-order valence-electron chi connectivity index (χ1n) is 9.43. The molecule has 0 spiro atoms. The molecule has 0 aliphatic heterocycles. The van der Waals surface area contributed by atoms with E-state index in [2.05, 4.69) is 15.6 Å². The molecule has 1 saturated carbocycles. The van der Waals surface area contributed by atoms with Crippen LogP contribution in [0, 0.1) is 5.92 Å². The molecule has 2 unspecified atom stereocenters. The molecule has 1 fully saturated rings. The van der Waals surface area contributed by atoms with Crippen molar-refractivity contribution in [1.82, 2.24) is 4.98 Å². The van der Waals surface area contributed by atoms with E-state index in [9.17, 15) is 9.59 Å². The van der Waals surface area contributed by atoms with Gasteiger partial charge >= 0.3 is 0 Å². The van der Waals surface area contributed by atoms with Crippen molar-refractivity contribution in [2.45, 2.75) is 10.3 Å². The summed E-state index contributed by atoms with van der Waals surface area (Å²) in [5.41, 5.74) is 1.13. The summed E-state index contributed by atoms with van der Waals surface area (Å²) in [5.74, 6) is -1.94. The minimum absolute atomic E-state index is 0.133. The van der Waals surface area contributed by atoms with Gasteiger partial charge in [-0.1, -0.05) is 46.4 Å². The Morgan fingerprint density at radius 1 is 0.848 bits per heavy atom. The lowest BCUT2D eigenvalue weighted by Gasteiger charge is -2.10. The fourth-order valence-electron chi connectivity index (χ4n) is 3.48. The summed E-state index contributed by atoms with van der Waals surface area (Å²) in [4.78, 5) is 29.6. The molecular formula is C22H13Cl6N3O2. The molecule has 5 nitrogen and oxygen atoms in total. The number of hydrogen-bond acceptors (Lipinski definition) is 3. The predicted octanol–water partition coefficient (Wildman–Crippen LogP) is 7.47. The number of rotatable bonds is 5. The summed E-state index contributed by atoms with van der Waals surface area (Å²) in [6, 6.07) is 12.5. The van der Waals surface area contributed by atoms with Crippen LogP contribution >= 0.6 is 69.6 Å². The fraction of sp³-hybridized carbons (Fsp3) is 0.136. The number of hydrogen-bond donors (Lipinski definition) is 2. The average Bonchev–Trinajstić information content (AvgIpc) is 3.31. The van der Waals surface area contributed by atoms with E-state index in [0.29, 0.717) is 26.3 Å². The van der Waals surface area contributed by atoms with Crippen molar-refractivity contribution in [3.63, 3.8) is 0 Å². The maximum Gasteiger partial charge on any atom is 0.258 e. The molecule has 1 aliphatic rings. The molecule has 1 aliphatic carbocycles. The molecule has 2 N–H and O–H groups in total. The Balaban J connectivity index is 1.51. The van der Waals surface area contributed by atoms with Crippen LogP contribution in [-0.2, 0) is 4.79 Å². The van der Waals surface area contributed by atoms with Crippen LogP contribution in [0.1, 0.15) is 21.8 Å². The monoisotopic (exact) mass is 561 g/mol. The van der Waals surface area contributed by atoms with E-state index < -0.39 is 28.0 Å². The standard InChI is InChI=1S/C22H13Cl6N3O2/c23-11-3-4-29-17(8-11)31-20(32)15-9-14(1-2-16(15)26)30-21(33)19-18(22(19,27)28)10-5-12(24)7-13(25)6-10/h1-9,18-19H,(H,30,33)(H,29,31,32). The molecule has 0 saturated heterocycles. The van der Waals surface area contributed by atoms with Gasteiger partial charge in [-0.2, -0.15) is 0 Å². The van der Waals surface area contributed by atoms with E-state index in [1.807, 2.05) is 0 Å². The minimum atomic E-state index is -1.33. The van der Waals surface area contributed by atoms with Gasteiger partial charge in [0.25, 0.3) is 5.91 Å². The molecule has 170 valence electrons. The van der Waals surface area contributed by atoms with Crippen molar-refractivity contribution in [3.8, 4) is 0 Å². The molecule has 2 atom stereocenters. The largest absolute Gasteiger partial charge is 0.326 e. The quantitative estimate of drug-likeness (QED) is 0.316. The number of amides is 2. The van der Waals surface area contributed by atoms with Crippen LogP contribution in [0.5, 0.6) is 0 Å². The number of benzene rings is 2. The van der Waals surface area contributed by atoms with Crippen LogP contribution in [0.2, 0.25) is 20.1 Å². The van der Waals surface area contributed by atoms with E-state index in [1.165, 1.54) is 24.4 Å². The zero-order valence-electron chi connectivity index (χ0n) is 16.4. The number of nitrogens with zero attached hydrogens (tertiary/aromatic N) is 1. The number of alkyl halides is 2. The summed E-state index contributed by atoms with van der Waals surface area (Å²) < 4.78 is -1.33. The number of pyridine rings is 1. The summed E-state index contributed by atoms with van der Waals surface area (Å²) >= 11 is 37.0. The lowest BCUT2D eigenvalue weighted by atomic mass is 10.1. The Morgan fingerprint density at radius 3 is 2.21 bits per heavy atom. The molecular weight excluding hydrogens is 551 g/mol. The Kier molecular flexibility index (Phi) is 7.02. The molecule has 2 aromatic carbocycles. The topological polar surface area (TPSA) is 71.1 Å². The van der Waals surface area contributed by atoms with Gasteiger partial charge in [-0.3, -0.25) is 9.59 Å². The van der Waals surface area contributed by atoms with Crippen LogP contribution in [0.4, 0.5) is 11.5 Å². The van der Waals surface area contributed by atoms with Crippen LogP contribution in [0.3, 0.4) is 0 Å². The highest BCUT2D eigenvalue weighted by Gasteiger charge is 2.67. The number of carbonyl (C=O) groups is 2. The van der Waals surface area contributed by atoms with Crippen LogP contribution in [0.15, 0.2) is 54.7 Å². The maximum atomic E-state index is 12.9. The average molecular weight is 564 g/mol. The summed E-state index contributed by atoms with van der Waals surface area (Å²) in [5, 5.41) is 6.77. The SMILES string of the molecule is O=C(Nc1cc(Cl)ccn1)c1cc(NC(=O)C2C(c3cc(Cl)cc(Cl)c3)C2(Cl)Cl)ccc1Cl. The van der Waals surface area contributed by atoms with Crippen LogP contribution in [-0.4, -0.2) is 21.1 Å². The molecule has 3 aromatic rings. The third-order valence-electron chi connectivity index (χ3n) is 5.02. The van der Waals surface area contributed by atoms with Gasteiger partial charge in [-0.05, 0) is 54.1 Å². The van der Waals surface area contributed by atoms with E-state index in [1.54, 1.807) is 30.3 Å².